The molecular formula is C10H12FeN2O6. The van der Waals surface area contributed by atoms with Crippen LogP contribution in [0.3, 0.4) is 0 Å². The van der Waals surface area contributed by atoms with Crippen molar-refractivity contribution in [2.24, 2.45) is 0 Å². The third-order valence-electron chi connectivity index (χ3n) is 2.56. The first-order valence-electron chi connectivity index (χ1n) is 5.40. The first kappa shape index (κ1) is 17.4. The summed E-state index contributed by atoms with van der Waals surface area (Å²) in [4.78, 5) is 40.8. The Hall–Kier alpha value is -1.60. The first-order valence-corrected chi connectivity index (χ1v) is 5.40. The summed E-state index contributed by atoms with van der Waals surface area (Å²) < 4.78 is 0. The van der Waals surface area contributed by atoms with Crippen LogP contribution in [0.1, 0.15) is 25.7 Å². The Morgan fingerprint density at radius 3 is 1.32 bits per heavy atom. The zero-order valence-corrected chi connectivity index (χ0v) is 10.9. The van der Waals surface area contributed by atoms with E-state index in [-0.39, 0.29) is 28.9 Å². The van der Waals surface area contributed by atoms with Gasteiger partial charge in [-0.1, -0.05) is 0 Å². The van der Waals surface area contributed by atoms with Crippen LogP contribution in [0, 0.1) is 0 Å². The Kier molecular flexibility index (Phi) is 7.10. The maximum Gasteiger partial charge on any atom is 2.00 e. The van der Waals surface area contributed by atoms with Crippen molar-refractivity contribution in [1.82, 2.24) is 10.6 Å². The van der Waals surface area contributed by atoms with E-state index < -0.39 is 24.0 Å². The Bertz CT molecular complexity index is 350. The molecule has 0 aromatic heterocycles. The third-order valence-corrected chi connectivity index (χ3v) is 2.56. The number of carboxylic acid groups (broad SMARTS) is 2. The van der Waals surface area contributed by atoms with E-state index in [1.807, 2.05) is 0 Å². The molecule has 2 heterocycles. The van der Waals surface area contributed by atoms with Gasteiger partial charge in [0.15, 0.2) is 0 Å². The van der Waals surface area contributed by atoms with Crippen LogP contribution < -0.4 is 20.8 Å². The fourth-order valence-corrected chi connectivity index (χ4v) is 1.58. The molecule has 2 fully saturated rings. The Balaban J connectivity index is 0.000000324. The van der Waals surface area contributed by atoms with Gasteiger partial charge in [-0.2, -0.15) is 0 Å². The summed E-state index contributed by atoms with van der Waals surface area (Å²) in [6.45, 7) is 0. The fourth-order valence-electron chi connectivity index (χ4n) is 1.58. The van der Waals surface area contributed by atoms with Gasteiger partial charge >= 0.3 is 17.1 Å². The Labute approximate surface area is 119 Å². The van der Waals surface area contributed by atoms with Crippen molar-refractivity contribution in [3.8, 4) is 0 Å². The number of carbonyl (C=O) groups is 4. The zero-order chi connectivity index (χ0) is 13.7. The summed E-state index contributed by atoms with van der Waals surface area (Å²) in [6.07, 6.45) is 1.33. The minimum atomic E-state index is -1.19. The van der Waals surface area contributed by atoms with Gasteiger partial charge in [0.05, 0.1) is 24.0 Å². The standard InChI is InChI=1S/2C5H7NO3.Fe/c2*7-4-2-1-3(6-4)5(8)9;/h2*3H,1-2H2,(H,6,7)(H,8,9);/q;;+2/p-2/t2*3-;/m11./s1. The van der Waals surface area contributed by atoms with Crippen LogP contribution in [-0.2, 0) is 36.2 Å². The van der Waals surface area contributed by atoms with Gasteiger partial charge in [-0.05, 0) is 12.8 Å². The fraction of sp³-hybridized carbons (Fsp3) is 0.600. The van der Waals surface area contributed by atoms with E-state index in [0.29, 0.717) is 25.7 Å². The molecular weight excluding hydrogens is 300 g/mol. The molecule has 2 aliphatic heterocycles. The monoisotopic (exact) mass is 312 g/mol. The molecule has 2 amide bonds. The van der Waals surface area contributed by atoms with Gasteiger partial charge in [-0.25, -0.2) is 0 Å². The molecule has 8 nitrogen and oxygen atoms in total. The van der Waals surface area contributed by atoms with Crippen molar-refractivity contribution in [2.75, 3.05) is 0 Å². The van der Waals surface area contributed by atoms with E-state index in [2.05, 4.69) is 10.6 Å². The maximum atomic E-state index is 10.4. The van der Waals surface area contributed by atoms with Crippen LogP contribution >= 0.6 is 0 Å². The molecule has 0 aromatic rings. The summed E-state index contributed by atoms with van der Waals surface area (Å²) in [7, 11) is 0. The first-order chi connectivity index (χ1) is 8.40. The van der Waals surface area contributed by atoms with E-state index in [1.54, 1.807) is 0 Å². The minimum absolute atomic E-state index is 0. The van der Waals surface area contributed by atoms with Gasteiger partial charge in [0.25, 0.3) is 0 Å². The van der Waals surface area contributed by atoms with E-state index in [4.69, 9.17) is 0 Å². The largest absolute Gasteiger partial charge is 2.00 e. The minimum Gasteiger partial charge on any atom is -0.548 e. The number of carbonyl (C=O) groups excluding carboxylic acids is 4. The van der Waals surface area contributed by atoms with Crippen LogP contribution in [-0.4, -0.2) is 35.8 Å². The van der Waals surface area contributed by atoms with Crippen molar-refractivity contribution < 1.29 is 46.5 Å². The number of rotatable bonds is 2. The summed E-state index contributed by atoms with van der Waals surface area (Å²) in [5.41, 5.74) is 0. The summed E-state index contributed by atoms with van der Waals surface area (Å²) in [6, 6.07) is -1.50. The van der Waals surface area contributed by atoms with Gasteiger partial charge in [0.2, 0.25) is 11.8 Å². The average Bonchev–Trinajstić information content (AvgIpc) is 2.88. The molecule has 106 valence electrons. The molecule has 19 heavy (non-hydrogen) atoms. The molecule has 0 aromatic carbocycles. The number of nitrogens with one attached hydrogen (secondary N) is 2. The van der Waals surface area contributed by atoms with Crippen LogP contribution in [0.4, 0.5) is 0 Å². The van der Waals surface area contributed by atoms with E-state index in [0.717, 1.165) is 0 Å². The van der Waals surface area contributed by atoms with Crippen LogP contribution in [0.5, 0.6) is 0 Å². The van der Waals surface area contributed by atoms with Crippen molar-refractivity contribution in [1.29, 1.82) is 0 Å². The molecule has 0 spiro atoms. The Morgan fingerprint density at radius 2 is 1.21 bits per heavy atom. The maximum absolute atomic E-state index is 10.4. The van der Waals surface area contributed by atoms with Gasteiger partial charge in [0, 0.05) is 12.8 Å². The molecule has 2 atom stereocenters. The molecule has 2 rings (SSSR count). The number of carboxylic acids is 2. The topological polar surface area (TPSA) is 138 Å². The van der Waals surface area contributed by atoms with Crippen molar-refractivity contribution in [2.45, 2.75) is 37.8 Å². The molecule has 2 N–H and O–H groups in total. The van der Waals surface area contributed by atoms with E-state index in [9.17, 15) is 29.4 Å². The predicted octanol–water partition coefficient (Wildman–Crippen LogP) is -3.97. The van der Waals surface area contributed by atoms with Crippen molar-refractivity contribution in [3.05, 3.63) is 0 Å². The van der Waals surface area contributed by atoms with Gasteiger partial charge in [0.1, 0.15) is 0 Å². The molecule has 0 unspecified atom stereocenters. The molecule has 0 bridgehead atoms. The number of hydrogen-bond acceptors (Lipinski definition) is 6. The third kappa shape index (κ3) is 5.71. The second-order valence-electron chi connectivity index (χ2n) is 3.96. The van der Waals surface area contributed by atoms with Gasteiger partial charge in [-0.3, -0.25) is 9.59 Å². The molecule has 0 saturated carbocycles. The van der Waals surface area contributed by atoms with Gasteiger partial charge < -0.3 is 30.4 Å². The number of aliphatic carboxylic acids is 2. The number of amides is 2. The van der Waals surface area contributed by atoms with Crippen LogP contribution in [0.25, 0.3) is 0 Å². The normalized spacial score (nSPS) is 24.4. The van der Waals surface area contributed by atoms with E-state index >= 15 is 0 Å². The average molecular weight is 312 g/mol. The number of hydrogen-bond donors (Lipinski definition) is 2. The summed E-state index contributed by atoms with van der Waals surface area (Å²) in [5, 5.41) is 24.5. The van der Waals surface area contributed by atoms with Crippen molar-refractivity contribution in [3.63, 3.8) is 0 Å². The predicted molar refractivity (Wildman–Crippen MR) is 52.3 cm³/mol. The second-order valence-corrected chi connectivity index (χ2v) is 3.96. The zero-order valence-electron chi connectivity index (χ0n) is 9.79. The van der Waals surface area contributed by atoms with Crippen LogP contribution in [0.15, 0.2) is 0 Å². The summed E-state index contributed by atoms with van der Waals surface area (Å²) >= 11 is 0. The smallest absolute Gasteiger partial charge is 0.548 e. The molecule has 0 aliphatic carbocycles. The molecule has 9 heteroatoms. The SMILES string of the molecule is O=C1CC[C@H](C(=O)[O-])N1.O=C1CC[C@H](C(=O)[O-])N1.[Fe+2]. The molecule has 2 saturated heterocycles. The Morgan fingerprint density at radius 1 is 0.895 bits per heavy atom. The molecule has 0 radical (unpaired) electrons. The second kappa shape index (κ2) is 7.75. The van der Waals surface area contributed by atoms with Gasteiger partial charge in [-0.15, -0.1) is 0 Å². The van der Waals surface area contributed by atoms with Crippen molar-refractivity contribution >= 4 is 23.8 Å². The summed E-state index contributed by atoms with van der Waals surface area (Å²) in [5.74, 6) is -2.80. The quantitative estimate of drug-likeness (QED) is 0.499. The molecule has 2 aliphatic rings. The van der Waals surface area contributed by atoms with Crippen LogP contribution in [0.2, 0.25) is 0 Å². The van der Waals surface area contributed by atoms with E-state index in [1.165, 1.54) is 0 Å².